The van der Waals surface area contributed by atoms with Gasteiger partial charge in [0.1, 0.15) is 5.75 Å². The number of nitro benzene ring substituents is 1. The Hall–Kier alpha value is -3.74. The van der Waals surface area contributed by atoms with Gasteiger partial charge >= 0.3 is 0 Å². The third-order valence-corrected chi connectivity index (χ3v) is 3.73. The van der Waals surface area contributed by atoms with Gasteiger partial charge in [-0.15, -0.1) is 0 Å². The number of non-ortho nitro benzene ring substituents is 1. The number of carbonyl (C=O) groups excluding carboxylic acids is 1. The summed E-state index contributed by atoms with van der Waals surface area (Å²) in [7, 11) is 1.43. The molecular formula is C19H15N3O4. The van der Waals surface area contributed by atoms with E-state index in [1.807, 2.05) is 30.3 Å². The topological polar surface area (TPSA) is 94.4 Å². The number of rotatable bonds is 5. The van der Waals surface area contributed by atoms with Gasteiger partial charge in [-0.1, -0.05) is 24.3 Å². The second-order valence-corrected chi connectivity index (χ2v) is 5.39. The van der Waals surface area contributed by atoms with Crippen molar-refractivity contribution in [3.8, 4) is 5.75 Å². The Morgan fingerprint density at radius 3 is 2.81 bits per heavy atom. The molecule has 0 unspecified atom stereocenters. The van der Waals surface area contributed by atoms with Crippen molar-refractivity contribution in [1.82, 2.24) is 4.98 Å². The summed E-state index contributed by atoms with van der Waals surface area (Å²) in [6.45, 7) is 0. The first kappa shape index (κ1) is 17.1. The third-order valence-electron chi connectivity index (χ3n) is 3.73. The molecular weight excluding hydrogens is 334 g/mol. The van der Waals surface area contributed by atoms with Gasteiger partial charge in [0.15, 0.2) is 0 Å². The van der Waals surface area contributed by atoms with Crippen molar-refractivity contribution in [2.45, 2.75) is 0 Å². The van der Waals surface area contributed by atoms with Gasteiger partial charge in [-0.2, -0.15) is 0 Å². The summed E-state index contributed by atoms with van der Waals surface area (Å²) in [5.41, 5.74) is 1.67. The first-order valence-corrected chi connectivity index (χ1v) is 7.74. The molecule has 7 heteroatoms. The normalized spacial score (nSPS) is 10.8. The Balaban J connectivity index is 1.83. The van der Waals surface area contributed by atoms with Crippen molar-refractivity contribution in [1.29, 1.82) is 0 Å². The van der Waals surface area contributed by atoms with Crippen LogP contribution in [-0.4, -0.2) is 22.9 Å². The Labute approximate surface area is 149 Å². The van der Waals surface area contributed by atoms with Gasteiger partial charge in [0.25, 0.3) is 5.69 Å². The number of pyridine rings is 1. The number of nitrogens with zero attached hydrogens (tertiary/aromatic N) is 2. The molecule has 0 spiro atoms. The van der Waals surface area contributed by atoms with Crippen LogP contribution >= 0.6 is 0 Å². The first-order valence-electron chi connectivity index (χ1n) is 7.74. The number of benzene rings is 2. The third kappa shape index (κ3) is 3.67. The number of methoxy groups -OCH3 is 1. The monoisotopic (exact) mass is 349 g/mol. The standard InChI is InChI=1S/C19H15N3O4/c1-26-17-9-8-15(22(24)25)12-16(17)21-18(23)10-7-14-5-2-4-13-6-3-11-20-19(13)14/h2-12H,1H3,(H,21,23)/b10-7+. The van der Waals surface area contributed by atoms with Gasteiger partial charge in [0.2, 0.25) is 5.91 Å². The summed E-state index contributed by atoms with van der Waals surface area (Å²) >= 11 is 0. The van der Waals surface area contributed by atoms with E-state index in [0.717, 1.165) is 16.5 Å². The predicted octanol–water partition coefficient (Wildman–Crippen LogP) is 3.80. The number of amides is 1. The average Bonchev–Trinajstić information content (AvgIpc) is 2.66. The minimum atomic E-state index is -0.535. The van der Waals surface area contributed by atoms with E-state index in [1.165, 1.54) is 31.4 Å². The number of nitrogens with one attached hydrogen (secondary N) is 1. The highest BCUT2D eigenvalue weighted by atomic mass is 16.6. The number of anilines is 1. The largest absolute Gasteiger partial charge is 0.495 e. The zero-order valence-electron chi connectivity index (χ0n) is 13.9. The second-order valence-electron chi connectivity index (χ2n) is 5.39. The van der Waals surface area contributed by atoms with Crippen LogP contribution in [0.25, 0.3) is 17.0 Å². The molecule has 130 valence electrons. The summed E-state index contributed by atoms with van der Waals surface area (Å²) < 4.78 is 5.13. The fraction of sp³-hybridized carbons (Fsp3) is 0.0526. The fourth-order valence-corrected chi connectivity index (χ4v) is 2.51. The number of para-hydroxylation sites is 1. The highest BCUT2D eigenvalue weighted by Crippen LogP contribution is 2.29. The molecule has 0 aliphatic carbocycles. The molecule has 0 bridgehead atoms. The molecule has 7 nitrogen and oxygen atoms in total. The van der Waals surface area contributed by atoms with Gasteiger partial charge in [-0.25, -0.2) is 0 Å². The van der Waals surface area contributed by atoms with Gasteiger partial charge in [0, 0.05) is 35.4 Å². The molecule has 2 aromatic carbocycles. The predicted molar refractivity (Wildman–Crippen MR) is 99.1 cm³/mol. The lowest BCUT2D eigenvalue weighted by molar-refractivity contribution is -0.384. The van der Waals surface area contributed by atoms with Crippen LogP contribution in [-0.2, 0) is 4.79 Å². The van der Waals surface area contributed by atoms with Crippen molar-refractivity contribution in [3.63, 3.8) is 0 Å². The van der Waals surface area contributed by atoms with E-state index >= 15 is 0 Å². The lowest BCUT2D eigenvalue weighted by atomic mass is 10.1. The highest BCUT2D eigenvalue weighted by Gasteiger charge is 2.12. The molecule has 0 fully saturated rings. The molecule has 0 atom stereocenters. The SMILES string of the molecule is COc1ccc([N+](=O)[O-])cc1NC(=O)/C=C/c1cccc2cccnc12. The molecule has 1 N–H and O–H groups in total. The van der Waals surface area contributed by atoms with Crippen molar-refractivity contribution < 1.29 is 14.5 Å². The number of ether oxygens (including phenoxy) is 1. The van der Waals surface area contributed by atoms with Crippen LogP contribution in [0.3, 0.4) is 0 Å². The minimum absolute atomic E-state index is 0.136. The van der Waals surface area contributed by atoms with Crippen LogP contribution < -0.4 is 10.1 Å². The molecule has 1 amide bonds. The number of fused-ring (bicyclic) bond motifs is 1. The van der Waals surface area contributed by atoms with Crippen LogP contribution in [0.15, 0.2) is 60.8 Å². The molecule has 0 saturated heterocycles. The maximum absolute atomic E-state index is 12.2. The van der Waals surface area contributed by atoms with Crippen molar-refractivity contribution >= 4 is 34.3 Å². The summed E-state index contributed by atoms with van der Waals surface area (Å²) in [6, 6.07) is 13.5. The zero-order valence-corrected chi connectivity index (χ0v) is 13.9. The van der Waals surface area contributed by atoms with E-state index in [9.17, 15) is 14.9 Å². The van der Waals surface area contributed by atoms with Gasteiger partial charge in [-0.05, 0) is 18.2 Å². The zero-order chi connectivity index (χ0) is 18.5. The van der Waals surface area contributed by atoms with Crippen LogP contribution in [0.2, 0.25) is 0 Å². The van der Waals surface area contributed by atoms with Crippen LogP contribution in [0.5, 0.6) is 5.75 Å². The highest BCUT2D eigenvalue weighted by molar-refractivity contribution is 6.04. The molecule has 1 heterocycles. The Morgan fingerprint density at radius 2 is 2.04 bits per heavy atom. The number of hydrogen-bond acceptors (Lipinski definition) is 5. The molecule has 0 saturated carbocycles. The molecule has 0 radical (unpaired) electrons. The summed E-state index contributed by atoms with van der Waals surface area (Å²) in [5, 5.41) is 14.5. The number of aromatic nitrogens is 1. The number of carbonyl (C=O) groups is 1. The fourth-order valence-electron chi connectivity index (χ4n) is 2.51. The van der Waals surface area contributed by atoms with E-state index in [2.05, 4.69) is 10.3 Å². The maximum Gasteiger partial charge on any atom is 0.271 e. The Kier molecular flexibility index (Phi) is 4.89. The lowest BCUT2D eigenvalue weighted by Crippen LogP contribution is -2.09. The van der Waals surface area contributed by atoms with E-state index in [-0.39, 0.29) is 11.4 Å². The average molecular weight is 349 g/mol. The molecule has 0 aliphatic rings. The summed E-state index contributed by atoms with van der Waals surface area (Å²) in [6.07, 6.45) is 4.68. The van der Waals surface area contributed by atoms with Crippen LogP contribution in [0, 0.1) is 10.1 Å². The molecule has 0 aliphatic heterocycles. The van der Waals surface area contributed by atoms with Crippen LogP contribution in [0.4, 0.5) is 11.4 Å². The smallest absolute Gasteiger partial charge is 0.271 e. The lowest BCUT2D eigenvalue weighted by Gasteiger charge is -2.08. The van der Waals surface area contributed by atoms with Crippen molar-refractivity contribution in [3.05, 3.63) is 76.5 Å². The quantitative estimate of drug-likeness (QED) is 0.429. The number of nitro groups is 1. The van der Waals surface area contributed by atoms with Gasteiger partial charge in [-0.3, -0.25) is 19.9 Å². The van der Waals surface area contributed by atoms with Gasteiger partial charge in [0.05, 0.1) is 23.2 Å². The van der Waals surface area contributed by atoms with Crippen LogP contribution in [0.1, 0.15) is 5.56 Å². The van der Waals surface area contributed by atoms with Gasteiger partial charge < -0.3 is 10.1 Å². The van der Waals surface area contributed by atoms with E-state index in [0.29, 0.717) is 5.75 Å². The molecule has 1 aromatic heterocycles. The first-order chi connectivity index (χ1) is 12.6. The Bertz CT molecular complexity index is 1010. The Morgan fingerprint density at radius 1 is 1.23 bits per heavy atom. The van der Waals surface area contributed by atoms with Crippen molar-refractivity contribution in [2.24, 2.45) is 0 Å². The second kappa shape index (κ2) is 7.43. The number of hydrogen-bond donors (Lipinski definition) is 1. The molecule has 26 heavy (non-hydrogen) atoms. The van der Waals surface area contributed by atoms with E-state index in [1.54, 1.807) is 12.3 Å². The molecule has 3 rings (SSSR count). The van der Waals surface area contributed by atoms with E-state index < -0.39 is 10.8 Å². The molecule has 3 aromatic rings. The maximum atomic E-state index is 12.2. The minimum Gasteiger partial charge on any atom is -0.495 e. The summed E-state index contributed by atoms with van der Waals surface area (Å²) in [5.74, 6) is -0.0964. The summed E-state index contributed by atoms with van der Waals surface area (Å²) in [4.78, 5) is 26.9. The van der Waals surface area contributed by atoms with Crippen molar-refractivity contribution in [2.75, 3.05) is 12.4 Å². The van der Waals surface area contributed by atoms with E-state index in [4.69, 9.17) is 4.74 Å².